The Balaban J connectivity index is 2.10. The number of aliphatic carboxylic acids is 1. The Kier molecular flexibility index (Phi) is 4.58. The summed E-state index contributed by atoms with van der Waals surface area (Å²) in [4.78, 5) is 25.5. The van der Waals surface area contributed by atoms with Crippen LogP contribution in [0.1, 0.15) is 33.6 Å². The largest absolute Gasteiger partial charge is 0.481 e. The molecule has 0 aliphatic rings. The Morgan fingerprint density at radius 2 is 1.54 bits per heavy atom. The van der Waals surface area contributed by atoms with Gasteiger partial charge in [0.2, 0.25) is 5.78 Å². The molecule has 1 heterocycles. The molecule has 0 radical (unpaired) electrons. The Morgan fingerprint density at radius 3 is 2.12 bits per heavy atom. The van der Waals surface area contributed by atoms with E-state index in [4.69, 9.17) is 0 Å². The number of ketones is 1. The van der Waals surface area contributed by atoms with Gasteiger partial charge >= 0.3 is 5.97 Å². The first-order valence-corrected chi connectivity index (χ1v) is 8.41. The normalized spacial score (nSPS) is 11.9. The van der Waals surface area contributed by atoms with Crippen LogP contribution < -0.4 is 0 Å². The van der Waals surface area contributed by atoms with Gasteiger partial charge in [-0.3, -0.25) is 9.59 Å². The van der Waals surface area contributed by atoms with Crippen LogP contribution in [0.5, 0.6) is 0 Å². The number of thiophene rings is 1. The quantitative estimate of drug-likeness (QED) is 0.679. The molecule has 120 valence electrons. The predicted octanol–water partition coefficient (Wildman–Crippen LogP) is 4.83. The van der Waals surface area contributed by atoms with Crippen LogP contribution >= 0.6 is 11.3 Å². The minimum Gasteiger partial charge on any atom is -0.481 e. The number of carbonyl (C=O) groups excluding carboxylic acids is 1. The zero-order chi connectivity index (χ0) is 17.1. The third-order valence-electron chi connectivity index (χ3n) is 3.89. The molecule has 1 N–H and O–H groups in total. The lowest BCUT2D eigenvalue weighted by atomic mass is 9.98. The van der Waals surface area contributed by atoms with E-state index in [1.165, 1.54) is 11.3 Å². The Bertz CT molecular complexity index is 866. The number of hydrogen-bond donors (Lipinski definition) is 1. The molecule has 1 atom stereocenters. The highest BCUT2D eigenvalue weighted by atomic mass is 32.1. The lowest BCUT2D eigenvalue weighted by Gasteiger charge is -2.07. The molecule has 0 saturated heterocycles. The summed E-state index contributed by atoms with van der Waals surface area (Å²) in [5, 5.41) is 9.39. The summed E-state index contributed by atoms with van der Waals surface area (Å²) in [5.41, 5.74) is 2.21. The molecule has 0 fully saturated rings. The third kappa shape index (κ3) is 3.14. The van der Waals surface area contributed by atoms with Crippen LogP contribution in [0.2, 0.25) is 0 Å². The average molecular weight is 336 g/mol. The molecule has 1 aromatic heterocycles. The van der Waals surface area contributed by atoms with Crippen molar-refractivity contribution in [3.63, 3.8) is 0 Å². The van der Waals surface area contributed by atoms with Gasteiger partial charge in [0.15, 0.2) is 0 Å². The highest BCUT2D eigenvalue weighted by Gasteiger charge is 2.24. The molecule has 0 bridgehead atoms. The summed E-state index contributed by atoms with van der Waals surface area (Å²) in [6.07, 6.45) is 0. The van der Waals surface area contributed by atoms with E-state index in [0.717, 1.165) is 10.4 Å². The van der Waals surface area contributed by atoms with Gasteiger partial charge in [-0.05, 0) is 24.1 Å². The van der Waals surface area contributed by atoms with Crippen LogP contribution in [0.15, 0.2) is 66.7 Å². The van der Waals surface area contributed by atoms with Crippen molar-refractivity contribution in [1.29, 1.82) is 0 Å². The first kappa shape index (κ1) is 16.1. The molecule has 3 aromatic rings. The molecule has 0 spiro atoms. The molecular weight excluding hydrogens is 320 g/mol. The molecule has 3 rings (SSSR count). The van der Waals surface area contributed by atoms with Gasteiger partial charge in [0, 0.05) is 10.4 Å². The van der Waals surface area contributed by atoms with Crippen LogP contribution in [0.3, 0.4) is 0 Å². The van der Waals surface area contributed by atoms with Crippen LogP contribution in [0.4, 0.5) is 0 Å². The number of hydrogen-bond acceptors (Lipinski definition) is 3. The minimum atomic E-state index is -0.899. The van der Waals surface area contributed by atoms with Gasteiger partial charge in [0.1, 0.15) is 0 Å². The van der Waals surface area contributed by atoms with Crippen LogP contribution in [-0.2, 0) is 4.79 Å². The van der Waals surface area contributed by atoms with E-state index in [1.807, 2.05) is 48.5 Å². The summed E-state index contributed by atoms with van der Waals surface area (Å²) in [6.45, 7) is 1.65. The van der Waals surface area contributed by atoms with Crippen LogP contribution in [-0.4, -0.2) is 16.9 Å². The lowest BCUT2D eigenvalue weighted by Crippen LogP contribution is -2.07. The Morgan fingerprint density at radius 1 is 0.958 bits per heavy atom. The molecular formula is C20H16O3S. The SMILES string of the molecule is CC(C(=O)O)c1cc(C(=O)c2ccccc2)sc1-c1ccccc1. The fourth-order valence-electron chi connectivity index (χ4n) is 2.52. The number of benzene rings is 2. The van der Waals surface area contributed by atoms with Gasteiger partial charge in [0.05, 0.1) is 10.8 Å². The van der Waals surface area contributed by atoms with Gasteiger partial charge in [-0.1, -0.05) is 60.7 Å². The van der Waals surface area contributed by atoms with E-state index < -0.39 is 11.9 Å². The summed E-state index contributed by atoms with van der Waals surface area (Å²) in [5.74, 6) is -1.65. The number of carbonyl (C=O) groups is 2. The maximum atomic E-state index is 12.7. The first-order valence-electron chi connectivity index (χ1n) is 7.59. The van der Waals surface area contributed by atoms with Gasteiger partial charge in [-0.2, -0.15) is 0 Å². The molecule has 24 heavy (non-hydrogen) atoms. The molecule has 1 unspecified atom stereocenters. The summed E-state index contributed by atoms with van der Waals surface area (Å²) < 4.78 is 0. The van der Waals surface area contributed by atoms with E-state index in [-0.39, 0.29) is 5.78 Å². The highest BCUT2D eigenvalue weighted by Crippen LogP contribution is 2.38. The van der Waals surface area contributed by atoms with Crippen molar-refractivity contribution in [3.8, 4) is 10.4 Å². The van der Waals surface area contributed by atoms with Crippen molar-refractivity contribution in [1.82, 2.24) is 0 Å². The molecule has 2 aromatic carbocycles. The minimum absolute atomic E-state index is 0.0818. The number of rotatable bonds is 5. The van der Waals surface area contributed by atoms with Crippen LogP contribution in [0, 0.1) is 0 Å². The van der Waals surface area contributed by atoms with E-state index in [9.17, 15) is 14.7 Å². The lowest BCUT2D eigenvalue weighted by molar-refractivity contribution is -0.138. The summed E-state index contributed by atoms with van der Waals surface area (Å²) >= 11 is 1.35. The second kappa shape index (κ2) is 6.81. The van der Waals surface area contributed by atoms with Gasteiger partial charge in [-0.25, -0.2) is 0 Å². The molecule has 0 saturated carbocycles. The monoisotopic (exact) mass is 336 g/mol. The van der Waals surface area contributed by atoms with Gasteiger partial charge in [0.25, 0.3) is 0 Å². The van der Waals surface area contributed by atoms with E-state index in [0.29, 0.717) is 16.0 Å². The molecule has 4 heteroatoms. The highest BCUT2D eigenvalue weighted by molar-refractivity contribution is 7.17. The predicted molar refractivity (Wildman–Crippen MR) is 95.7 cm³/mol. The van der Waals surface area contributed by atoms with Crippen molar-refractivity contribution >= 4 is 23.1 Å². The van der Waals surface area contributed by atoms with Crippen LogP contribution in [0.25, 0.3) is 10.4 Å². The standard InChI is InChI=1S/C20H16O3S/c1-13(20(22)23)16-12-17(18(21)14-8-4-2-5-9-14)24-19(16)15-10-6-3-7-11-15/h2-13H,1H3,(H,22,23). The molecule has 0 aliphatic heterocycles. The molecule has 3 nitrogen and oxygen atoms in total. The maximum absolute atomic E-state index is 12.7. The van der Waals surface area contributed by atoms with Crippen molar-refractivity contribution < 1.29 is 14.7 Å². The molecule has 0 aliphatic carbocycles. The van der Waals surface area contributed by atoms with Crippen molar-refractivity contribution in [2.75, 3.05) is 0 Å². The first-order chi connectivity index (χ1) is 11.6. The van der Waals surface area contributed by atoms with Crippen molar-refractivity contribution in [2.24, 2.45) is 0 Å². The maximum Gasteiger partial charge on any atom is 0.310 e. The molecule has 0 amide bonds. The van der Waals surface area contributed by atoms with Gasteiger partial charge < -0.3 is 5.11 Å². The zero-order valence-electron chi connectivity index (χ0n) is 13.1. The number of carboxylic acid groups (broad SMARTS) is 1. The topological polar surface area (TPSA) is 54.4 Å². The summed E-state index contributed by atoms with van der Waals surface area (Å²) in [7, 11) is 0. The van der Waals surface area contributed by atoms with E-state index >= 15 is 0 Å². The van der Waals surface area contributed by atoms with E-state index in [2.05, 4.69) is 0 Å². The average Bonchev–Trinajstić information content (AvgIpc) is 3.07. The summed E-state index contributed by atoms with van der Waals surface area (Å²) in [6, 6.07) is 20.3. The van der Waals surface area contributed by atoms with Crippen molar-refractivity contribution in [2.45, 2.75) is 12.8 Å². The Labute approximate surface area is 144 Å². The second-order valence-corrected chi connectivity index (χ2v) is 6.57. The second-order valence-electron chi connectivity index (χ2n) is 5.52. The Hall–Kier alpha value is -2.72. The third-order valence-corrected chi connectivity index (χ3v) is 5.09. The van der Waals surface area contributed by atoms with Crippen molar-refractivity contribution in [3.05, 3.63) is 82.7 Å². The van der Waals surface area contributed by atoms with Gasteiger partial charge in [-0.15, -0.1) is 11.3 Å². The fraction of sp³-hybridized carbons (Fsp3) is 0.100. The zero-order valence-corrected chi connectivity index (χ0v) is 13.9. The fourth-order valence-corrected chi connectivity index (χ4v) is 3.74. The smallest absolute Gasteiger partial charge is 0.310 e. The van der Waals surface area contributed by atoms with E-state index in [1.54, 1.807) is 25.1 Å². The number of carboxylic acids is 1.